The summed E-state index contributed by atoms with van der Waals surface area (Å²) in [5.74, 6) is 0. The first-order valence-corrected chi connectivity index (χ1v) is 7.06. The summed E-state index contributed by atoms with van der Waals surface area (Å²) in [6.07, 6.45) is 1.88. The molecule has 1 aromatic heterocycles. The fourth-order valence-corrected chi connectivity index (χ4v) is 2.32. The summed E-state index contributed by atoms with van der Waals surface area (Å²) in [5, 5.41) is 8.95. The van der Waals surface area contributed by atoms with Crippen LogP contribution in [0.5, 0.6) is 0 Å². The van der Waals surface area contributed by atoms with E-state index in [-0.39, 0.29) is 6.54 Å². The fourth-order valence-electron chi connectivity index (χ4n) is 2.20. The molecule has 0 aliphatic heterocycles. The highest BCUT2D eigenvalue weighted by atomic mass is 35.5. The number of azide groups is 1. The van der Waals surface area contributed by atoms with Crippen LogP contribution in [-0.4, -0.2) is 9.78 Å². The van der Waals surface area contributed by atoms with Gasteiger partial charge in [0.2, 0.25) is 0 Å². The standard InChI is InChI=1S/C16H12ClN5/c17-14-6-8-15(9-7-14)22-11-13(10-19-21-18)16(20-22)12-4-2-1-3-5-12/h1-9,11H,10H2. The zero-order valence-electron chi connectivity index (χ0n) is 11.6. The molecule has 0 atom stereocenters. The number of hydrogen-bond donors (Lipinski definition) is 0. The van der Waals surface area contributed by atoms with Crippen molar-refractivity contribution in [3.8, 4) is 16.9 Å². The van der Waals surface area contributed by atoms with Crippen molar-refractivity contribution in [3.05, 3.63) is 81.8 Å². The SMILES string of the molecule is [N-]=[N+]=NCc1cn(-c2ccc(Cl)cc2)nc1-c1ccccc1. The van der Waals surface area contributed by atoms with Crippen LogP contribution in [0.15, 0.2) is 65.9 Å². The van der Waals surface area contributed by atoms with Crippen LogP contribution in [0.4, 0.5) is 0 Å². The third kappa shape index (κ3) is 2.96. The summed E-state index contributed by atoms with van der Waals surface area (Å²) >= 11 is 5.92. The molecule has 0 N–H and O–H groups in total. The van der Waals surface area contributed by atoms with Crippen molar-refractivity contribution >= 4 is 11.6 Å². The zero-order chi connectivity index (χ0) is 15.4. The van der Waals surface area contributed by atoms with Gasteiger partial charge in [-0.25, -0.2) is 4.68 Å². The molecule has 5 nitrogen and oxygen atoms in total. The van der Waals surface area contributed by atoms with Crippen molar-refractivity contribution in [2.24, 2.45) is 5.11 Å². The van der Waals surface area contributed by atoms with E-state index in [9.17, 15) is 0 Å². The lowest BCUT2D eigenvalue weighted by atomic mass is 10.1. The van der Waals surface area contributed by atoms with Crippen LogP contribution in [0.25, 0.3) is 27.4 Å². The van der Waals surface area contributed by atoms with Crippen LogP contribution < -0.4 is 0 Å². The normalized spacial score (nSPS) is 10.2. The minimum atomic E-state index is 0.258. The largest absolute Gasteiger partial charge is 0.240 e. The molecule has 2 aromatic carbocycles. The Labute approximate surface area is 132 Å². The van der Waals surface area contributed by atoms with Gasteiger partial charge < -0.3 is 0 Å². The molecule has 0 aliphatic rings. The van der Waals surface area contributed by atoms with E-state index in [0.717, 1.165) is 22.5 Å². The molecule has 3 rings (SSSR count). The van der Waals surface area contributed by atoms with E-state index in [1.165, 1.54) is 0 Å². The van der Waals surface area contributed by atoms with Crippen molar-refractivity contribution in [1.82, 2.24) is 9.78 Å². The van der Waals surface area contributed by atoms with Crippen LogP contribution in [-0.2, 0) is 6.54 Å². The Hall–Kier alpha value is -2.75. The second kappa shape index (κ2) is 6.35. The molecule has 3 aromatic rings. The molecule has 0 saturated carbocycles. The summed E-state index contributed by atoms with van der Waals surface area (Å²) < 4.78 is 1.76. The highest BCUT2D eigenvalue weighted by Crippen LogP contribution is 2.24. The van der Waals surface area contributed by atoms with Gasteiger partial charge in [0.1, 0.15) is 0 Å². The van der Waals surface area contributed by atoms with Crippen molar-refractivity contribution < 1.29 is 0 Å². The predicted octanol–water partition coefficient (Wildman–Crippen LogP) is 5.00. The fraction of sp³-hybridized carbons (Fsp3) is 0.0625. The lowest BCUT2D eigenvalue weighted by Gasteiger charge is -2.01. The van der Waals surface area contributed by atoms with Gasteiger partial charge in [0, 0.05) is 27.3 Å². The lowest BCUT2D eigenvalue weighted by Crippen LogP contribution is -1.94. The van der Waals surface area contributed by atoms with Gasteiger partial charge >= 0.3 is 0 Å². The summed E-state index contributed by atoms with van der Waals surface area (Å²) in [4.78, 5) is 2.83. The second-order valence-electron chi connectivity index (χ2n) is 4.68. The summed E-state index contributed by atoms with van der Waals surface area (Å²) in [7, 11) is 0. The number of halogens is 1. The average molecular weight is 310 g/mol. The number of rotatable bonds is 4. The van der Waals surface area contributed by atoms with Gasteiger partial charge in [-0.15, -0.1) is 0 Å². The van der Waals surface area contributed by atoms with Crippen molar-refractivity contribution in [1.29, 1.82) is 0 Å². The van der Waals surface area contributed by atoms with Crippen molar-refractivity contribution in [2.75, 3.05) is 0 Å². The Morgan fingerprint density at radius 3 is 2.50 bits per heavy atom. The van der Waals surface area contributed by atoms with E-state index in [1.807, 2.05) is 60.8 Å². The van der Waals surface area contributed by atoms with Gasteiger partial charge in [0.25, 0.3) is 0 Å². The molecule has 0 amide bonds. The Kier molecular flexibility index (Phi) is 4.10. The first-order valence-electron chi connectivity index (χ1n) is 6.68. The van der Waals surface area contributed by atoms with E-state index in [2.05, 4.69) is 15.1 Å². The maximum Gasteiger partial charge on any atom is 0.0960 e. The highest BCUT2D eigenvalue weighted by molar-refractivity contribution is 6.30. The minimum absolute atomic E-state index is 0.258. The third-order valence-electron chi connectivity index (χ3n) is 3.23. The topological polar surface area (TPSA) is 66.6 Å². The van der Waals surface area contributed by atoms with Gasteiger partial charge in [0.05, 0.1) is 17.9 Å². The predicted molar refractivity (Wildman–Crippen MR) is 86.9 cm³/mol. The van der Waals surface area contributed by atoms with Gasteiger partial charge in [-0.05, 0) is 29.8 Å². The zero-order valence-corrected chi connectivity index (χ0v) is 12.4. The smallest absolute Gasteiger partial charge is 0.0960 e. The molecule has 108 valence electrons. The lowest BCUT2D eigenvalue weighted by molar-refractivity contribution is 0.883. The maximum absolute atomic E-state index is 8.56. The van der Waals surface area contributed by atoms with Gasteiger partial charge in [-0.1, -0.05) is 47.0 Å². The Morgan fingerprint density at radius 1 is 1.09 bits per heavy atom. The molecule has 0 aliphatic carbocycles. The van der Waals surface area contributed by atoms with Crippen LogP contribution in [0.1, 0.15) is 5.56 Å². The monoisotopic (exact) mass is 309 g/mol. The molecule has 0 unspecified atom stereocenters. The first kappa shape index (κ1) is 14.2. The van der Waals surface area contributed by atoms with Crippen molar-refractivity contribution in [3.63, 3.8) is 0 Å². The van der Waals surface area contributed by atoms with E-state index in [0.29, 0.717) is 5.02 Å². The number of aromatic nitrogens is 2. The quantitative estimate of drug-likeness (QED) is 0.380. The van der Waals surface area contributed by atoms with Crippen molar-refractivity contribution in [2.45, 2.75) is 6.54 Å². The third-order valence-corrected chi connectivity index (χ3v) is 3.48. The van der Waals surface area contributed by atoms with Gasteiger partial charge in [0.15, 0.2) is 0 Å². The van der Waals surface area contributed by atoms with Crippen LogP contribution in [0, 0.1) is 0 Å². The van der Waals surface area contributed by atoms with E-state index < -0.39 is 0 Å². The van der Waals surface area contributed by atoms with E-state index in [1.54, 1.807) is 4.68 Å². The molecular formula is C16H12ClN5. The molecule has 0 fully saturated rings. The van der Waals surface area contributed by atoms with Crippen LogP contribution in [0.3, 0.4) is 0 Å². The first-order chi connectivity index (χ1) is 10.8. The summed E-state index contributed by atoms with van der Waals surface area (Å²) in [6, 6.07) is 17.2. The number of nitrogens with zero attached hydrogens (tertiary/aromatic N) is 5. The van der Waals surface area contributed by atoms with Gasteiger partial charge in [-0.2, -0.15) is 5.10 Å². The molecule has 6 heteroatoms. The molecule has 0 bridgehead atoms. The second-order valence-corrected chi connectivity index (χ2v) is 5.12. The molecule has 0 radical (unpaired) electrons. The minimum Gasteiger partial charge on any atom is -0.240 e. The molecule has 22 heavy (non-hydrogen) atoms. The molecule has 0 saturated heterocycles. The van der Waals surface area contributed by atoms with E-state index in [4.69, 9.17) is 17.1 Å². The molecule has 0 spiro atoms. The number of hydrogen-bond acceptors (Lipinski definition) is 2. The molecular weight excluding hydrogens is 298 g/mol. The molecule has 1 heterocycles. The Morgan fingerprint density at radius 2 is 1.82 bits per heavy atom. The maximum atomic E-state index is 8.56. The Balaban J connectivity index is 2.08. The van der Waals surface area contributed by atoms with E-state index >= 15 is 0 Å². The summed E-state index contributed by atoms with van der Waals surface area (Å²) in [5.41, 5.74) is 12.1. The van der Waals surface area contributed by atoms with Crippen LogP contribution in [0.2, 0.25) is 5.02 Å². The Bertz CT molecular complexity index is 818. The number of benzene rings is 2. The highest BCUT2D eigenvalue weighted by Gasteiger charge is 2.11. The average Bonchev–Trinajstić information content (AvgIpc) is 2.98. The van der Waals surface area contributed by atoms with Gasteiger partial charge in [-0.3, -0.25) is 0 Å². The van der Waals surface area contributed by atoms with Crippen LogP contribution >= 0.6 is 11.6 Å². The summed E-state index contributed by atoms with van der Waals surface area (Å²) in [6.45, 7) is 0.258.